The molecule has 0 saturated heterocycles. The number of nitrogens with two attached hydrogens (primary N) is 1. The summed E-state index contributed by atoms with van der Waals surface area (Å²) < 4.78 is 1.49. The van der Waals surface area contributed by atoms with E-state index in [0.29, 0.717) is 12.2 Å². The molecule has 0 spiro atoms. The topological polar surface area (TPSA) is 107 Å². The Balaban J connectivity index is 2.32. The minimum atomic E-state index is -1.12. The second-order valence-corrected chi connectivity index (χ2v) is 3.92. The molecule has 2 aromatic heterocycles. The predicted octanol–water partition coefficient (Wildman–Crippen LogP) is 0.187. The summed E-state index contributed by atoms with van der Waals surface area (Å²) >= 11 is 0. The molecule has 0 aromatic carbocycles. The van der Waals surface area contributed by atoms with Gasteiger partial charge in [-0.15, -0.1) is 5.10 Å². The third-order valence-corrected chi connectivity index (χ3v) is 2.50. The maximum atomic E-state index is 10.9. The van der Waals surface area contributed by atoms with Gasteiger partial charge in [-0.2, -0.15) is 0 Å². The number of carboxylic acids is 1. The van der Waals surface area contributed by atoms with Gasteiger partial charge in [-0.1, -0.05) is 11.3 Å². The Kier molecular flexibility index (Phi) is 3.33. The second-order valence-electron chi connectivity index (χ2n) is 3.92. The molecule has 2 aromatic rings. The molecular formula is C11H13N5O2. The monoisotopic (exact) mass is 247 g/mol. The number of hydrogen-bond donors (Lipinski definition) is 2. The molecule has 0 bridgehead atoms. The lowest BCUT2D eigenvalue weighted by molar-refractivity contribution is 0.0689. The summed E-state index contributed by atoms with van der Waals surface area (Å²) in [5.41, 5.74) is 7.80. The van der Waals surface area contributed by atoms with E-state index in [9.17, 15) is 4.79 Å². The first-order chi connectivity index (χ1) is 8.61. The minimum absolute atomic E-state index is 0.0773. The third kappa shape index (κ3) is 2.35. The Morgan fingerprint density at radius 2 is 2.28 bits per heavy atom. The van der Waals surface area contributed by atoms with Gasteiger partial charge in [0.15, 0.2) is 5.69 Å². The zero-order valence-corrected chi connectivity index (χ0v) is 9.87. The van der Waals surface area contributed by atoms with Gasteiger partial charge in [0, 0.05) is 18.9 Å². The largest absolute Gasteiger partial charge is 0.476 e. The lowest BCUT2D eigenvalue weighted by Gasteiger charge is -2.05. The highest BCUT2D eigenvalue weighted by Crippen LogP contribution is 2.09. The van der Waals surface area contributed by atoms with E-state index >= 15 is 0 Å². The maximum Gasteiger partial charge on any atom is 0.358 e. The van der Waals surface area contributed by atoms with E-state index in [1.54, 1.807) is 12.4 Å². The zero-order chi connectivity index (χ0) is 13.1. The first-order valence-corrected chi connectivity index (χ1v) is 5.38. The average Bonchev–Trinajstić information content (AvgIpc) is 2.72. The Morgan fingerprint density at radius 1 is 1.50 bits per heavy atom. The van der Waals surface area contributed by atoms with Gasteiger partial charge >= 0.3 is 5.97 Å². The highest BCUT2D eigenvalue weighted by Gasteiger charge is 2.17. The van der Waals surface area contributed by atoms with Crippen LogP contribution in [-0.4, -0.2) is 31.1 Å². The zero-order valence-electron chi connectivity index (χ0n) is 9.87. The summed E-state index contributed by atoms with van der Waals surface area (Å²) in [6.07, 6.45) is 3.45. The molecule has 0 amide bonds. The quantitative estimate of drug-likeness (QED) is 0.798. The molecule has 18 heavy (non-hydrogen) atoms. The van der Waals surface area contributed by atoms with Gasteiger partial charge in [0.25, 0.3) is 0 Å². The number of rotatable bonds is 4. The molecule has 0 saturated carbocycles. The van der Waals surface area contributed by atoms with Crippen LogP contribution >= 0.6 is 0 Å². The molecule has 2 rings (SSSR count). The molecule has 7 nitrogen and oxygen atoms in total. The number of hydrogen-bond acceptors (Lipinski definition) is 5. The Hall–Kier alpha value is -2.28. The molecule has 7 heteroatoms. The minimum Gasteiger partial charge on any atom is -0.476 e. The van der Waals surface area contributed by atoms with Crippen molar-refractivity contribution in [3.05, 3.63) is 41.0 Å². The van der Waals surface area contributed by atoms with Gasteiger partial charge in [0.05, 0.1) is 12.2 Å². The van der Waals surface area contributed by atoms with Crippen LogP contribution in [0.4, 0.5) is 0 Å². The van der Waals surface area contributed by atoms with Crippen molar-refractivity contribution in [2.24, 2.45) is 5.73 Å². The molecular weight excluding hydrogens is 234 g/mol. The van der Waals surface area contributed by atoms with E-state index in [1.807, 2.05) is 13.0 Å². The van der Waals surface area contributed by atoms with Crippen LogP contribution in [0.1, 0.15) is 27.3 Å². The number of aromatic nitrogens is 4. The van der Waals surface area contributed by atoms with Crippen LogP contribution in [0.5, 0.6) is 0 Å². The van der Waals surface area contributed by atoms with Crippen molar-refractivity contribution in [1.29, 1.82) is 0 Å². The fourth-order valence-electron chi connectivity index (χ4n) is 1.70. The smallest absolute Gasteiger partial charge is 0.358 e. The number of carbonyl (C=O) groups is 1. The molecule has 0 aliphatic heterocycles. The Morgan fingerprint density at radius 3 is 2.89 bits per heavy atom. The number of pyridine rings is 1. The van der Waals surface area contributed by atoms with Crippen LogP contribution in [-0.2, 0) is 13.1 Å². The summed E-state index contributed by atoms with van der Waals surface area (Å²) in [5, 5.41) is 16.4. The Labute approximate surface area is 103 Å². The van der Waals surface area contributed by atoms with Gasteiger partial charge < -0.3 is 10.8 Å². The molecule has 94 valence electrons. The highest BCUT2D eigenvalue weighted by molar-refractivity contribution is 5.86. The first-order valence-electron chi connectivity index (χ1n) is 5.38. The van der Waals surface area contributed by atoms with E-state index in [0.717, 1.165) is 11.1 Å². The van der Waals surface area contributed by atoms with Crippen molar-refractivity contribution < 1.29 is 9.90 Å². The Bertz CT molecular complexity index is 579. The highest BCUT2D eigenvalue weighted by atomic mass is 16.4. The summed E-state index contributed by atoms with van der Waals surface area (Å²) in [5.74, 6) is -1.12. The molecule has 0 atom stereocenters. The van der Waals surface area contributed by atoms with Gasteiger partial charge in [0.1, 0.15) is 0 Å². The van der Waals surface area contributed by atoms with Crippen molar-refractivity contribution in [3.63, 3.8) is 0 Å². The summed E-state index contributed by atoms with van der Waals surface area (Å²) in [7, 11) is 0. The van der Waals surface area contributed by atoms with Gasteiger partial charge in [-0.25, -0.2) is 9.48 Å². The molecule has 0 radical (unpaired) electrons. The summed E-state index contributed by atoms with van der Waals surface area (Å²) in [4.78, 5) is 15.0. The van der Waals surface area contributed by atoms with Gasteiger partial charge in [-0.05, 0) is 18.1 Å². The van der Waals surface area contributed by atoms with E-state index in [2.05, 4.69) is 15.3 Å². The maximum absolute atomic E-state index is 10.9. The fraction of sp³-hybridized carbons (Fsp3) is 0.273. The third-order valence-electron chi connectivity index (χ3n) is 2.50. The average molecular weight is 247 g/mol. The van der Waals surface area contributed by atoms with Crippen molar-refractivity contribution >= 4 is 5.97 Å². The second kappa shape index (κ2) is 4.92. The van der Waals surface area contributed by atoms with Crippen molar-refractivity contribution in [2.75, 3.05) is 0 Å². The molecule has 0 aliphatic rings. The molecule has 3 N–H and O–H groups in total. The molecule has 0 unspecified atom stereocenters. The van der Waals surface area contributed by atoms with Gasteiger partial charge in [-0.3, -0.25) is 4.98 Å². The fourth-order valence-corrected chi connectivity index (χ4v) is 1.70. The number of aryl methyl sites for hydroxylation is 1. The number of carboxylic acid groups (broad SMARTS) is 1. The number of aromatic carboxylic acids is 1. The van der Waals surface area contributed by atoms with Crippen LogP contribution in [0.2, 0.25) is 0 Å². The normalized spacial score (nSPS) is 10.6. The van der Waals surface area contributed by atoms with Crippen LogP contribution in [0, 0.1) is 6.92 Å². The van der Waals surface area contributed by atoms with E-state index in [4.69, 9.17) is 10.8 Å². The molecule has 2 heterocycles. The lowest BCUT2D eigenvalue weighted by atomic mass is 10.2. The standard InChI is InChI=1S/C11H13N5O2/c1-7-2-8(5-13-4-7)6-16-9(3-12)10(11(17)18)14-15-16/h2,4-5H,3,6,12H2,1H3,(H,17,18). The van der Waals surface area contributed by atoms with Crippen molar-refractivity contribution in [3.8, 4) is 0 Å². The summed E-state index contributed by atoms with van der Waals surface area (Å²) in [6, 6.07) is 1.95. The van der Waals surface area contributed by atoms with Crippen molar-refractivity contribution in [1.82, 2.24) is 20.0 Å². The molecule has 0 aliphatic carbocycles. The van der Waals surface area contributed by atoms with Crippen LogP contribution in [0.3, 0.4) is 0 Å². The van der Waals surface area contributed by atoms with E-state index in [1.165, 1.54) is 4.68 Å². The summed E-state index contributed by atoms with van der Waals surface area (Å²) in [6.45, 7) is 2.42. The van der Waals surface area contributed by atoms with Crippen LogP contribution in [0.25, 0.3) is 0 Å². The van der Waals surface area contributed by atoms with Crippen molar-refractivity contribution in [2.45, 2.75) is 20.0 Å². The number of nitrogens with zero attached hydrogens (tertiary/aromatic N) is 4. The van der Waals surface area contributed by atoms with E-state index in [-0.39, 0.29) is 12.2 Å². The predicted molar refractivity (Wildman–Crippen MR) is 62.9 cm³/mol. The van der Waals surface area contributed by atoms with Crippen LogP contribution < -0.4 is 5.73 Å². The first kappa shape index (κ1) is 12.2. The molecule has 0 fully saturated rings. The SMILES string of the molecule is Cc1cncc(Cn2nnc(C(=O)O)c2CN)c1. The van der Waals surface area contributed by atoms with E-state index < -0.39 is 5.97 Å². The van der Waals surface area contributed by atoms with Crippen LogP contribution in [0.15, 0.2) is 18.5 Å². The lowest BCUT2D eigenvalue weighted by Crippen LogP contribution is -2.13. The van der Waals surface area contributed by atoms with Gasteiger partial charge in [0.2, 0.25) is 0 Å².